The minimum atomic E-state index is -3.58. The normalized spacial score (nSPS) is 12.6. The summed E-state index contributed by atoms with van der Waals surface area (Å²) in [5, 5.41) is 11.3. The number of anilines is 1. The lowest BCUT2D eigenvalue weighted by Gasteiger charge is -2.15. The zero-order valence-electron chi connectivity index (χ0n) is 16.6. The van der Waals surface area contributed by atoms with Crippen LogP contribution in [0.3, 0.4) is 0 Å². The number of carbonyl (C=O) groups is 1. The Balaban J connectivity index is 1.68. The van der Waals surface area contributed by atoms with Gasteiger partial charge < -0.3 is 4.74 Å². The van der Waals surface area contributed by atoms with Crippen molar-refractivity contribution in [2.45, 2.75) is 18.2 Å². The summed E-state index contributed by atoms with van der Waals surface area (Å²) >= 11 is 0.719. The summed E-state index contributed by atoms with van der Waals surface area (Å²) in [4.78, 5) is 16.1. The van der Waals surface area contributed by atoms with E-state index in [0.717, 1.165) is 23.4 Å². The van der Waals surface area contributed by atoms with Gasteiger partial charge in [0.15, 0.2) is 0 Å². The topological polar surface area (TPSA) is 122 Å². The van der Waals surface area contributed by atoms with Crippen LogP contribution < -0.4 is 10.1 Å². The Morgan fingerprint density at radius 1 is 1.19 bits per heavy atom. The van der Waals surface area contributed by atoms with Crippen LogP contribution in [0.2, 0.25) is 0 Å². The fourth-order valence-electron chi connectivity index (χ4n) is 2.53. The van der Waals surface area contributed by atoms with Gasteiger partial charge >= 0.3 is 0 Å². The number of benzene rings is 2. The van der Waals surface area contributed by atoms with Crippen molar-refractivity contribution in [2.75, 3.05) is 11.6 Å². The molecular weight excluding hydrogens is 436 g/mol. The van der Waals surface area contributed by atoms with Crippen LogP contribution in [0.1, 0.15) is 24.2 Å². The zero-order valence-corrected chi connectivity index (χ0v) is 18.3. The number of nitriles is 1. The smallest absolute Gasteiger partial charge is 0.268 e. The van der Waals surface area contributed by atoms with Crippen LogP contribution in [-0.2, 0) is 14.6 Å². The Morgan fingerprint density at radius 2 is 1.87 bits per heavy atom. The van der Waals surface area contributed by atoms with Crippen LogP contribution in [-0.4, -0.2) is 29.9 Å². The fraction of sp³-hybridized carbons (Fsp3) is 0.143. The third-order valence-electron chi connectivity index (χ3n) is 4.10. The quantitative estimate of drug-likeness (QED) is 0.427. The van der Waals surface area contributed by atoms with Gasteiger partial charge in [0.2, 0.25) is 15.0 Å². The van der Waals surface area contributed by atoms with Gasteiger partial charge in [-0.2, -0.15) is 14.6 Å². The van der Waals surface area contributed by atoms with Gasteiger partial charge in [0.25, 0.3) is 11.1 Å². The Labute approximate surface area is 183 Å². The highest BCUT2D eigenvalue weighted by Crippen LogP contribution is 2.23. The molecule has 8 nitrogen and oxygen atoms in total. The number of hydrogen-bond acceptors (Lipinski definition) is 8. The van der Waals surface area contributed by atoms with E-state index in [1.165, 1.54) is 6.08 Å². The Hall–Kier alpha value is -3.55. The number of hydrogen-bond donors (Lipinski definition) is 1. The number of ether oxygens (including phenoxy) is 1. The third kappa shape index (κ3) is 5.97. The van der Waals surface area contributed by atoms with E-state index in [4.69, 9.17) is 4.74 Å². The highest BCUT2D eigenvalue weighted by atomic mass is 32.2. The highest BCUT2D eigenvalue weighted by Gasteiger charge is 2.17. The molecule has 0 radical (unpaired) electrons. The Bertz CT molecular complexity index is 1240. The molecule has 1 unspecified atom stereocenters. The average Bonchev–Trinajstić information content (AvgIpc) is 3.22. The molecule has 0 saturated carbocycles. The van der Waals surface area contributed by atoms with E-state index in [-0.39, 0.29) is 22.0 Å². The average molecular weight is 455 g/mol. The van der Waals surface area contributed by atoms with Crippen LogP contribution >= 0.6 is 11.5 Å². The molecule has 1 heterocycles. The SMILES string of the molecule is CC(Oc1ccc(/C=C(/C#N)C(=O)Nc2nc(S(C)(=O)=O)ns2)cc1)c1ccccc1. The van der Waals surface area contributed by atoms with Gasteiger partial charge in [0.1, 0.15) is 23.5 Å². The summed E-state index contributed by atoms with van der Waals surface area (Å²) in [7, 11) is -3.58. The number of nitrogens with one attached hydrogen (secondary N) is 1. The summed E-state index contributed by atoms with van der Waals surface area (Å²) in [6.45, 7) is 1.95. The first kappa shape index (κ1) is 22.1. The first-order chi connectivity index (χ1) is 14.8. The van der Waals surface area contributed by atoms with E-state index in [1.807, 2.05) is 43.3 Å². The molecule has 158 valence electrons. The molecule has 1 aromatic heterocycles. The largest absolute Gasteiger partial charge is 0.486 e. The van der Waals surface area contributed by atoms with Gasteiger partial charge in [0, 0.05) is 17.8 Å². The van der Waals surface area contributed by atoms with Crippen molar-refractivity contribution in [3.05, 3.63) is 71.3 Å². The molecule has 0 aliphatic carbocycles. The molecule has 0 aliphatic heterocycles. The van der Waals surface area contributed by atoms with Gasteiger partial charge in [-0.25, -0.2) is 8.42 Å². The van der Waals surface area contributed by atoms with E-state index in [1.54, 1.807) is 24.3 Å². The lowest BCUT2D eigenvalue weighted by Crippen LogP contribution is -2.13. The molecule has 1 amide bonds. The van der Waals surface area contributed by atoms with Crippen LogP contribution in [0.15, 0.2) is 65.3 Å². The Kier molecular flexibility index (Phi) is 6.79. The number of aromatic nitrogens is 2. The van der Waals surface area contributed by atoms with Crippen LogP contribution in [0.25, 0.3) is 6.08 Å². The molecule has 0 bridgehead atoms. The van der Waals surface area contributed by atoms with Crippen LogP contribution in [0, 0.1) is 11.3 Å². The first-order valence-electron chi connectivity index (χ1n) is 9.05. The van der Waals surface area contributed by atoms with E-state index >= 15 is 0 Å². The summed E-state index contributed by atoms with van der Waals surface area (Å²) in [5.41, 5.74) is 1.51. The predicted molar refractivity (Wildman–Crippen MR) is 117 cm³/mol. The maximum Gasteiger partial charge on any atom is 0.268 e. The summed E-state index contributed by atoms with van der Waals surface area (Å²) in [6.07, 6.45) is 2.25. The highest BCUT2D eigenvalue weighted by molar-refractivity contribution is 7.90. The monoisotopic (exact) mass is 454 g/mol. The number of nitrogens with zero attached hydrogens (tertiary/aromatic N) is 3. The lowest BCUT2D eigenvalue weighted by molar-refractivity contribution is -0.112. The van der Waals surface area contributed by atoms with Crippen LogP contribution in [0.4, 0.5) is 5.13 Å². The van der Waals surface area contributed by atoms with E-state index in [2.05, 4.69) is 14.7 Å². The van der Waals surface area contributed by atoms with Gasteiger partial charge in [-0.15, -0.1) is 0 Å². The van der Waals surface area contributed by atoms with E-state index in [0.29, 0.717) is 11.3 Å². The standard InChI is InChI=1S/C21H18N4O4S2/c1-14(16-6-4-3-5-7-16)29-18-10-8-15(9-11-18)12-17(13-22)19(26)23-20-24-21(25-30-20)31(2,27)28/h3-12,14H,1-2H3,(H,23,24,25,26)/b17-12-. The van der Waals surface area contributed by atoms with Crippen LogP contribution in [0.5, 0.6) is 5.75 Å². The molecule has 0 aliphatic rings. The molecular formula is C21H18N4O4S2. The molecule has 0 spiro atoms. The molecule has 1 atom stereocenters. The maximum absolute atomic E-state index is 12.3. The molecule has 2 aromatic carbocycles. The summed E-state index contributed by atoms with van der Waals surface area (Å²) in [6, 6.07) is 18.6. The fourth-order valence-corrected chi connectivity index (χ4v) is 3.97. The minimum absolute atomic E-state index is 0.00905. The zero-order chi connectivity index (χ0) is 22.4. The summed E-state index contributed by atoms with van der Waals surface area (Å²) in [5.74, 6) is -0.0599. The van der Waals surface area contributed by atoms with Gasteiger partial charge in [-0.1, -0.05) is 42.5 Å². The number of amides is 1. The van der Waals surface area contributed by atoms with Gasteiger partial charge in [0.05, 0.1) is 0 Å². The second-order valence-corrected chi connectivity index (χ2v) is 9.18. The molecule has 0 saturated heterocycles. The maximum atomic E-state index is 12.3. The number of rotatable bonds is 7. The minimum Gasteiger partial charge on any atom is -0.486 e. The van der Waals surface area contributed by atoms with E-state index in [9.17, 15) is 18.5 Å². The molecule has 10 heteroatoms. The van der Waals surface area contributed by atoms with E-state index < -0.39 is 15.7 Å². The van der Waals surface area contributed by atoms with Crippen molar-refractivity contribution >= 4 is 38.5 Å². The molecule has 1 N–H and O–H groups in total. The molecule has 0 fully saturated rings. The lowest BCUT2D eigenvalue weighted by atomic mass is 10.1. The van der Waals surface area contributed by atoms with Crippen molar-refractivity contribution in [1.82, 2.24) is 9.36 Å². The van der Waals surface area contributed by atoms with Gasteiger partial charge in [-0.05, 0) is 36.3 Å². The van der Waals surface area contributed by atoms with Crippen molar-refractivity contribution < 1.29 is 17.9 Å². The van der Waals surface area contributed by atoms with Crippen molar-refractivity contribution in [1.29, 1.82) is 5.26 Å². The number of carbonyl (C=O) groups excluding carboxylic acids is 1. The molecule has 31 heavy (non-hydrogen) atoms. The van der Waals surface area contributed by atoms with Gasteiger partial charge in [-0.3, -0.25) is 10.1 Å². The number of sulfone groups is 1. The third-order valence-corrected chi connectivity index (χ3v) is 5.69. The van der Waals surface area contributed by atoms with Crippen molar-refractivity contribution in [2.24, 2.45) is 0 Å². The predicted octanol–water partition coefficient (Wildman–Crippen LogP) is 3.63. The molecule has 3 rings (SSSR count). The second-order valence-electron chi connectivity index (χ2n) is 6.52. The summed E-state index contributed by atoms with van der Waals surface area (Å²) < 4.78 is 32.5. The first-order valence-corrected chi connectivity index (χ1v) is 11.7. The van der Waals surface area contributed by atoms with Crippen molar-refractivity contribution in [3.63, 3.8) is 0 Å². The second kappa shape index (κ2) is 9.51. The van der Waals surface area contributed by atoms with Crippen molar-refractivity contribution in [3.8, 4) is 11.8 Å². The Morgan fingerprint density at radius 3 is 2.45 bits per heavy atom. The molecule has 3 aromatic rings.